The van der Waals surface area contributed by atoms with Gasteiger partial charge in [0.05, 0.1) is 6.61 Å². The summed E-state index contributed by atoms with van der Waals surface area (Å²) in [5, 5.41) is -0.502. The van der Waals surface area contributed by atoms with Crippen LogP contribution in [0.3, 0.4) is 0 Å². The molecule has 0 atom stereocenters. The van der Waals surface area contributed by atoms with Gasteiger partial charge < -0.3 is 4.74 Å². The van der Waals surface area contributed by atoms with Crippen molar-refractivity contribution in [1.82, 2.24) is 0 Å². The van der Waals surface area contributed by atoms with Crippen LogP contribution in [0.1, 0.15) is 12.5 Å². The van der Waals surface area contributed by atoms with E-state index in [0.717, 1.165) is 5.56 Å². The van der Waals surface area contributed by atoms with Crippen LogP contribution in [0.25, 0.3) is 6.08 Å². The number of carbonyl (C=O) groups is 1. The Morgan fingerprint density at radius 2 is 2.00 bits per heavy atom. The molecule has 0 saturated carbocycles. The molecule has 0 saturated heterocycles. The van der Waals surface area contributed by atoms with Gasteiger partial charge in [-0.25, -0.2) is 13.2 Å². The Morgan fingerprint density at radius 3 is 2.53 bits per heavy atom. The second-order valence-electron chi connectivity index (χ2n) is 3.53. The predicted molar refractivity (Wildman–Crippen MR) is 75.4 cm³/mol. The number of halogens is 1. The Kier molecular flexibility index (Phi) is 5.85. The molecule has 0 aliphatic carbocycles. The second-order valence-corrected chi connectivity index (χ2v) is 5.84. The van der Waals surface area contributed by atoms with E-state index in [-0.39, 0.29) is 0 Å². The summed E-state index contributed by atoms with van der Waals surface area (Å²) in [5.74, 6) is -0.422. The van der Waals surface area contributed by atoms with Gasteiger partial charge in [0.1, 0.15) is 5.21 Å². The molecule has 0 aliphatic rings. The van der Waals surface area contributed by atoms with Crippen molar-refractivity contribution >= 4 is 39.4 Å². The normalized spacial score (nSPS) is 11.5. The van der Waals surface area contributed by atoms with Gasteiger partial charge in [0.2, 0.25) is 10.0 Å². The minimum Gasteiger partial charge on any atom is -0.463 e. The molecule has 0 fully saturated rings. The summed E-state index contributed by atoms with van der Waals surface area (Å²) in [6, 6.07) is 6.49. The van der Waals surface area contributed by atoms with Crippen LogP contribution in [0.4, 0.5) is 5.69 Å². The standard InChI is InChI=1S/C12H14ClNO4S/c1-2-18-12(15)8-5-10-3-6-11(7-4-10)14-19(16,17)9-13/h3-8,14H,2,9H2,1H3/b8-5+. The highest BCUT2D eigenvalue weighted by molar-refractivity contribution is 7.93. The van der Waals surface area contributed by atoms with E-state index < -0.39 is 21.2 Å². The molecule has 1 N–H and O–H groups in total. The van der Waals surface area contributed by atoms with Gasteiger partial charge in [0.25, 0.3) is 0 Å². The van der Waals surface area contributed by atoms with Gasteiger partial charge in [-0.15, -0.1) is 11.6 Å². The molecular formula is C12H14ClNO4S. The zero-order valence-electron chi connectivity index (χ0n) is 10.3. The van der Waals surface area contributed by atoms with E-state index >= 15 is 0 Å². The average molecular weight is 304 g/mol. The van der Waals surface area contributed by atoms with E-state index in [1.54, 1.807) is 37.3 Å². The van der Waals surface area contributed by atoms with Crippen LogP contribution >= 0.6 is 11.6 Å². The number of hydrogen-bond acceptors (Lipinski definition) is 4. The second kappa shape index (κ2) is 7.16. The highest BCUT2D eigenvalue weighted by Crippen LogP contribution is 2.13. The molecule has 0 amide bonds. The van der Waals surface area contributed by atoms with Crippen LogP contribution in [0.5, 0.6) is 0 Å². The average Bonchev–Trinajstić information content (AvgIpc) is 2.38. The lowest BCUT2D eigenvalue weighted by molar-refractivity contribution is -0.137. The topological polar surface area (TPSA) is 72.5 Å². The van der Waals surface area contributed by atoms with Crippen LogP contribution in [0, 0.1) is 0 Å². The molecule has 0 heterocycles. The fraction of sp³-hybridized carbons (Fsp3) is 0.250. The van der Waals surface area contributed by atoms with E-state index in [2.05, 4.69) is 4.72 Å². The Labute approximate surface area is 117 Å². The fourth-order valence-corrected chi connectivity index (χ4v) is 1.94. The smallest absolute Gasteiger partial charge is 0.330 e. The zero-order chi connectivity index (χ0) is 14.3. The van der Waals surface area contributed by atoms with Crippen LogP contribution in [-0.2, 0) is 19.6 Å². The first kappa shape index (κ1) is 15.5. The third-order valence-electron chi connectivity index (χ3n) is 2.03. The van der Waals surface area contributed by atoms with Crippen molar-refractivity contribution in [3.8, 4) is 0 Å². The van der Waals surface area contributed by atoms with Gasteiger partial charge in [0, 0.05) is 11.8 Å². The van der Waals surface area contributed by atoms with Crippen molar-refractivity contribution in [2.75, 3.05) is 16.5 Å². The van der Waals surface area contributed by atoms with Gasteiger partial charge in [-0.05, 0) is 30.7 Å². The van der Waals surface area contributed by atoms with Crippen molar-refractivity contribution in [3.63, 3.8) is 0 Å². The number of hydrogen-bond donors (Lipinski definition) is 1. The molecule has 0 bridgehead atoms. The number of carbonyl (C=O) groups excluding carboxylic acids is 1. The number of ether oxygens (including phenoxy) is 1. The first-order chi connectivity index (χ1) is 8.96. The van der Waals surface area contributed by atoms with Crippen molar-refractivity contribution in [1.29, 1.82) is 0 Å². The van der Waals surface area contributed by atoms with E-state index in [9.17, 15) is 13.2 Å². The van der Waals surface area contributed by atoms with Gasteiger partial charge in [0.15, 0.2) is 0 Å². The summed E-state index contributed by atoms with van der Waals surface area (Å²) in [4.78, 5) is 11.1. The third-order valence-corrected chi connectivity index (χ3v) is 3.72. The van der Waals surface area contributed by atoms with Gasteiger partial charge in [-0.2, -0.15) is 0 Å². The van der Waals surface area contributed by atoms with Gasteiger partial charge in [-0.3, -0.25) is 4.72 Å². The number of rotatable bonds is 6. The highest BCUT2D eigenvalue weighted by Gasteiger charge is 2.07. The summed E-state index contributed by atoms with van der Waals surface area (Å²) in [5.41, 5.74) is 1.16. The highest BCUT2D eigenvalue weighted by atomic mass is 35.5. The van der Waals surface area contributed by atoms with Crippen LogP contribution in [-0.4, -0.2) is 26.2 Å². The first-order valence-corrected chi connectivity index (χ1v) is 7.67. The summed E-state index contributed by atoms with van der Waals surface area (Å²) in [7, 11) is -3.50. The van der Waals surface area contributed by atoms with Crippen LogP contribution < -0.4 is 4.72 Å². The minimum absolute atomic E-state index is 0.322. The monoisotopic (exact) mass is 303 g/mol. The molecule has 7 heteroatoms. The summed E-state index contributed by atoms with van der Waals surface area (Å²) in [6.45, 7) is 2.05. The summed E-state index contributed by atoms with van der Waals surface area (Å²) >= 11 is 5.28. The molecule has 19 heavy (non-hydrogen) atoms. The lowest BCUT2D eigenvalue weighted by Crippen LogP contribution is -2.13. The fourth-order valence-electron chi connectivity index (χ4n) is 1.22. The summed E-state index contributed by atoms with van der Waals surface area (Å²) in [6.07, 6.45) is 2.89. The number of sulfonamides is 1. The number of benzene rings is 1. The third kappa shape index (κ3) is 5.76. The molecule has 1 rings (SSSR count). The van der Waals surface area contributed by atoms with Crippen molar-refractivity contribution < 1.29 is 17.9 Å². The van der Waals surface area contributed by atoms with Crippen LogP contribution in [0.2, 0.25) is 0 Å². The van der Waals surface area contributed by atoms with Crippen molar-refractivity contribution in [2.24, 2.45) is 0 Å². The van der Waals surface area contributed by atoms with Crippen molar-refractivity contribution in [3.05, 3.63) is 35.9 Å². The van der Waals surface area contributed by atoms with E-state index in [4.69, 9.17) is 16.3 Å². The molecular weight excluding hydrogens is 290 g/mol. The Bertz CT molecular complexity index is 552. The maximum atomic E-state index is 11.2. The number of nitrogens with one attached hydrogen (secondary N) is 1. The molecule has 0 aliphatic heterocycles. The summed E-state index contributed by atoms with van der Waals surface area (Å²) < 4.78 is 29.5. The number of anilines is 1. The van der Waals surface area contributed by atoms with E-state index in [1.165, 1.54) is 6.08 Å². The molecule has 1 aromatic rings. The van der Waals surface area contributed by atoms with Crippen LogP contribution in [0.15, 0.2) is 30.3 Å². The molecule has 5 nitrogen and oxygen atoms in total. The Balaban J connectivity index is 2.69. The SMILES string of the molecule is CCOC(=O)/C=C/c1ccc(NS(=O)(=O)CCl)cc1. The van der Waals surface area contributed by atoms with E-state index in [0.29, 0.717) is 12.3 Å². The lowest BCUT2D eigenvalue weighted by Gasteiger charge is -2.05. The molecule has 0 spiro atoms. The van der Waals surface area contributed by atoms with E-state index in [1.807, 2.05) is 0 Å². The molecule has 0 aromatic heterocycles. The lowest BCUT2D eigenvalue weighted by atomic mass is 10.2. The number of esters is 1. The maximum Gasteiger partial charge on any atom is 0.330 e. The van der Waals surface area contributed by atoms with Gasteiger partial charge in [-0.1, -0.05) is 12.1 Å². The molecule has 104 valence electrons. The quantitative estimate of drug-likeness (QED) is 0.497. The molecule has 0 unspecified atom stereocenters. The zero-order valence-corrected chi connectivity index (χ0v) is 11.9. The predicted octanol–water partition coefficient (Wildman–Crippen LogP) is 2.20. The Morgan fingerprint density at radius 1 is 1.37 bits per heavy atom. The number of alkyl halides is 1. The first-order valence-electron chi connectivity index (χ1n) is 5.48. The largest absolute Gasteiger partial charge is 0.463 e. The van der Waals surface area contributed by atoms with Gasteiger partial charge >= 0.3 is 5.97 Å². The Hall–Kier alpha value is -1.53. The maximum absolute atomic E-state index is 11.2. The molecule has 1 aromatic carbocycles. The molecule has 0 radical (unpaired) electrons. The van der Waals surface area contributed by atoms with Crippen molar-refractivity contribution in [2.45, 2.75) is 6.92 Å². The minimum atomic E-state index is -3.50.